The smallest absolute Gasteiger partial charge is 0.231 e. The van der Waals surface area contributed by atoms with Gasteiger partial charge in [-0.15, -0.1) is 24.0 Å². The van der Waals surface area contributed by atoms with E-state index >= 15 is 0 Å². The zero-order valence-electron chi connectivity index (χ0n) is 16.1. The summed E-state index contributed by atoms with van der Waals surface area (Å²) in [4.78, 5) is 21.1. The Morgan fingerprint density at radius 3 is 2.78 bits per heavy atom. The molecule has 2 N–H and O–H groups in total. The quantitative estimate of drug-likeness (QED) is 0.382. The summed E-state index contributed by atoms with van der Waals surface area (Å²) in [6, 6.07) is 9.31. The summed E-state index contributed by atoms with van der Waals surface area (Å²) in [6.07, 6.45) is 3.23. The van der Waals surface area contributed by atoms with Crippen molar-refractivity contribution in [3.8, 4) is 0 Å². The van der Waals surface area contributed by atoms with Crippen molar-refractivity contribution in [2.75, 3.05) is 38.1 Å². The molecule has 2 atom stereocenters. The maximum absolute atomic E-state index is 12.3. The van der Waals surface area contributed by atoms with Crippen molar-refractivity contribution in [1.29, 1.82) is 0 Å². The van der Waals surface area contributed by atoms with Crippen LogP contribution in [0.15, 0.2) is 29.3 Å². The van der Waals surface area contributed by atoms with Crippen LogP contribution >= 0.6 is 24.0 Å². The van der Waals surface area contributed by atoms with Gasteiger partial charge >= 0.3 is 0 Å². The average molecular weight is 483 g/mol. The van der Waals surface area contributed by atoms with Gasteiger partial charge in [0, 0.05) is 51.0 Å². The first kappa shape index (κ1) is 20.4. The van der Waals surface area contributed by atoms with Crippen LogP contribution in [0.1, 0.15) is 25.3 Å². The third kappa shape index (κ3) is 4.56. The number of aliphatic imine (C=N–C) groups is 1. The van der Waals surface area contributed by atoms with Gasteiger partial charge in [-0.25, -0.2) is 0 Å². The van der Waals surface area contributed by atoms with Crippen LogP contribution in [0.2, 0.25) is 0 Å². The molecule has 1 saturated carbocycles. The van der Waals surface area contributed by atoms with Gasteiger partial charge in [0.05, 0.1) is 6.42 Å². The summed E-state index contributed by atoms with van der Waals surface area (Å²) in [5.74, 6) is 1.64. The molecule has 7 heteroatoms. The third-order valence-electron chi connectivity index (χ3n) is 5.80. The predicted octanol–water partition coefficient (Wildman–Crippen LogP) is 1.84. The maximum atomic E-state index is 12.3. The second kappa shape index (κ2) is 8.77. The molecule has 0 bridgehead atoms. The normalized spacial score (nSPS) is 25.3. The summed E-state index contributed by atoms with van der Waals surface area (Å²) >= 11 is 0. The number of nitrogens with one attached hydrogen (secondary N) is 2. The Labute approximate surface area is 178 Å². The molecule has 3 aliphatic rings. The molecule has 148 valence electrons. The summed E-state index contributed by atoms with van der Waals surface area (Å²) in [5, 5.41) is 6.96. The molecule has 6 nitrogen and oxygen atoms in total. The second-order valence-electron chi connectivity index (χ2n) is 7.76. The van der Waals surface area contributed by atoms with Crippen LogP contribution in [0.4, 0.5) is 5.69 Å². The van der Waals surface area contributed by atoms with E-state index in [2.05, 4.69) is 27.4 Å². The zero-order chi connectivity index (χ0) is 18.1. The lowest BCUT2D eigenvalue weighted by Gasteiger charge is -2.22. The van der Waals surface area contributed by atoms with Gasteiger partial charge in [0.25, 0.3) is 0 Å². The first-order valence-electron chi connectivity index (χ1n) is 9.75. The zero-order valence-corrected chi connectivity index (χ0v) is 18.5. The van der Waals surface area contributed by atoms with E-state index in [-0.39, 0.29) is 29.9 Å². The van der Waals surface area contributed by atoms with E-state index in [0.29, 0.717) is 31.5 Å². The molecule has 1 aliphatic carbocycles. The highest BCUT2D eigenvalue weighted by molar-refractivity contribution is 14.0. The van der Waals surface area contributed by atoms with Crippen LogP contribution in [0, 0.1) is 5.92 Å². The molecule has 2 unspecified atom stereocenters. The Hall–Kier alpha value is -1.35. The van der Waals surface area contributed by atoms with E-state index in [1.165, 1.54) is 19.4 Å². The van der Waals surface area contributed by atoms with Crippen LogP contribution in [0.25, 0.3) is 0 Å². The molecular weight excluding hydrogens is 453 g/mol. The minimum absolute atomic E-state index is 0. The number of likely N-dealkylation sites (tertiary alicyclic amines) is 1. The fraction of sp³-hybridized carbons (Fsp3) is 0.600. The van der Waals surface area contributed by atoms with Crippen molar-refractivity contribution in [1.82, 2.24) is 15.5 Å². The second-order valence-corrected chi connectivity index (χ2v) is 7.76. The molecule has 1 aromatic carbocycles. The molecule has 0 radical (unpaired) electrons. The number of rotatable bonds is 5. The van der Waals surface area contributed by atoms with E-state index in [9.17, 15) is 4.79 Å². The molecule has 0 spiro atoms. The van der Waals surface area contributed by atoms with E-state index in [0.717, 1.165) is 29.8 Å². The average Bonchev–Trinajstić information content (AvgIpc) is 3.36. The monoisotopic (exact) mass is 483 g/mol. The van der Waals surface area contributed by atoms with Gasteiger partial charge in [-0.3, -0.25) is 14.7 Å². The standard InChI is InChI=1S/C20H29N5O.HI/c1-14-12-24(16-7-8-16)13-17(14)23-20(21-2)22-9-10-25-18-6-4-3-5-15(18)11-19(25)26;/h3-6,14,16-17H,7-13H2,1-2H3,(H2,21,22,23);1H. The van der Waals surface area contributed by atoms with Crippen LogP contribution in [0.3, 0.4) is 0 Å². The first-order valence-corrected chi connectivity index (χ1v) is 9.75. The van der Waals surface area contributed by atoms with E-state index in [4.69, 9.17) is 0 Å². The number of amides is 1. The fourth-order valence-corrected chi connectivity index (χ4v) is 4.15. The van der Waals surface area contributed by atoms with Crippen molar-refractivity contribution < 1.29 is 4.79 Å². The highest BCUT2D eigenvalue weighted by Gasteiger charge is 2.38. The van der Waals surface area contributed by atoms with Gasteiger partial charge in [0.15, 0.2) is 5.96 Å². The summed E-state index contributed by atoms with van der Waals surface area (Å²) < 4.78 is 0. The SMILES string of the molecule is CN=C(NCCN1C(=O)Cc2ccccc21)NC1CN(C2CC2)CC1C.I. The number of para-hydroxylation sites is 1. The molecule has 2 aliphatic heterocycles. The molecule has 2 fully saturated rings. The third-order valence-corrected chi connectivity index (χ3v) is 5.80. The summed E-state index contributed by atoms with van der Waals surface area (Å²) in [7, 11) is 1.81. The lowest BCUT2D eigenvalue weighted by molar-refractivity contribution is -0.117. The van der Waals surface area contributed by atoms with Crippen molar-refractivity contribution in [3.05, 3.63) is 29.8 Å². The number of hydrogen-bond donors (Lipinski definition) is 2. The Bertz CT molecular complexity index is 705. The molecule has 1 aromatic rings. The Morgan fingerprint density at radius 1 is 1.26 bits per heavy atom. The number of halogens is 1. The van der Waals surface area contributed by atoms with E-state index in [1.807, 2.05) is 36.2 Å². The van der Waals surface area contributed by atoms with Gasteiger partial charge in [-0.05, 0) is 30.4 Å². The van der Waals surface area contributed by atoms with Gasteiger partial charge in [0.1, 0.15) is 0 Å². The van der Waals surface area contributed by atoms with Crippen LogP contribution in [-0.2, 0) is 11.2 Å². The first-order chi connectivity index (χ1) is 12.7. The number of nitrogens with zero attached hydrogens (tertiary/aromatic N) is 3. The molecule has 2 heterocycles. The van der Waals surface area contributed by atoms with Crippen molar-refractivity contribution in [2.45, 2.75) is 38.3 Å². The van der Waals surface area contributed by atoms with Crippen molar-refractivity contribution in [2.24, 2.45) is 10.9 Å². The number of carbonyl (C=O) groups is 1. The lowest BCUT2D eigenvalue weighted by Crippen LogP contribution is -2.48. The molecule has 0 aromatic heterocycles. The predicted molar refractivity (Wildman–Crippen MR) is 120 cm³/mol. The number of guanidine groups is 1. The molecule has 4 rings (SSSR count). The number of hydrogen-bond acceptors (Lipinski definition) is 3. The maximum Gasteiger partial charge on any atom is 0.231 e. The Morgan fingerprint density at radius 2 is 2.04 bits per heavy atom. The van der Waals surface area contributed by atoms with Crippen molar-refractivity contribution in [3.63, 3.8) is 0 Å². The summed E-state index contributed by atoms with van der Waals surface area (Å²) in [5.41, 5.74) is 2.17. The highest BCUT2D eigenvalue weighted by atomic mass is 127. The van der Waals surface area contributed by atoms with Crippen LogP contribution < -0.4 is 15.5 Å². The van der Waals surface area contributed by atoms with E-state index in [1.54, 1.807) is 0 Å². The molecular formula is C20H30IN5O. The number of carbonyl (C=O) groups excluding carboxylic acids is 1. The lowest BCUT2D eigenvalue weighted by atomic mass is 10.1. The Kier molecular flexibility index (Phi) is 6.62. The van der Waals surface area contributed by atoms with Gasteiger partial charge in [-0.2, -0.15) is 0 Å². The van der Waals surface area contributed by atoms with E-state index < -0.39 is 0 Å². The number of benzene rings is 1. The largest absolute Gasteiger partial charge is 0.355 e. The number of fused-ring (bicyclic) bond motifs is 1. The highest BCUT2D eigenvalue weighted by Crippen LogP contribution is 2.31. The van der Waals surface area contributed by atoms with Gasteiger partial charge in [-0.1, -0.05) is 25.1 Å². The van der Waals surface area contributed by atoms with Crippen LogP contribution in [-0.4, -0.2) is 62.1 Å². The number of anilines is 1. The van der Waals surface area contributed by atoms with Crippen molar-refractivity contribution >= 4 is 41.5 Å². The van der Waals surface area contributed by atoms with Gasteiger partial charge in [0.2, 0.25) is 5.91 Å². The fourth-order valence-electron chi connectivity index (χ4n) is 4.15. The molecule has 27 heavy (non-hydrogen) atoms. The minimum Gasteiger partial charge on any atom is -0.355 e. The molecule has 1 saturated heterocycles. The van der Waals surface area contributed by atoms with Gasteiger partial charge < -0.3 is 15.5 Å². The molecule has 1 amide bonds. The Balaban J connectivity index is 0.00000210. The topological polar surface area (TPSA) is 60.0 Å². The van der Waals surface area contributed by atoms with Crippen LogP contribution in [0.5, 0.6) is 0 Å². The summed E-state index contributed by atoms with van der Waals surface area (Å²) in [6.45, 7) is 5.94. The minimum atomic E-state index is 0.